The fourth-order valence-corrected chi connectivity index (χ4v) is 2.83. The molecule has 2 rings (SSSR count). The van der Waals surface area contributed by atoms with Crippen LogP contribution in [0.4, 0.5) is 0 Å². The second-order valence-electron chi connectivity index (χ2n) is 5.46. The molecular weight excluding hydrogens is 355 g/mol. The summed E-state index contributed by atoms with van der Waals surface area (Å²) in [6.07, 6.45) is 0. The van der Waals surface area contributed by atoms with E-state index in [1.807, 2.05) is 25.3 Å². The minimum absolute atomic E-state index is 0.136. The fourth-order valence-electron chi connectivity index (χ4n) is 2.26. The highest BCUT2D eigenvalue weighted by Gasteiger charge is 2.24. The Morgan fingerprint density at radius 2 is 2.09 bits per heavy atom. The summed E-state index contributed by atoms with van der Waals surface area (Å²) < 4.78 is 2.41. The number of nitrogens with one attached hydrogen (secondary N) is 2. The number of aromatic nitrogens is 3. The lowest BCUT2D eigenvalue weighted by atomic mass is 10.0. The summed E-state index contributed by atoms with van der Waals surface area (Å²) in [6, 6.07) is 4.52. The van der Waals surface area contributed by atoms with Crippen LogP contribution in [0.15, 0.2) is 18.2 Å². The second kappa shape index (κ2) is 7.47. The molecule has 1 amide bonds. The summed E-state index contributed by atoms with van der Waals surface area (Å²) in [7, 11) is 0. The smallest absolute Gasteiger partial charge is 0.251 e. The average Bonchev–Trinajstić information content (AvgIpc) is 2.87. The van der Waals surface area contributed by atoms with E-state index in [2.05, 4.69) is 15.5 Å². The molecule has 23 heavy (non-hydrogen) atoms. The average molecular weight is 373 g/mol. The van der Waals surface area contributed by atoms with Crippen LogP contribution in [0.2, 0.25) is 10.0 Å². The van der Waals surface area contributed by atoms with E-state index in [1.54, 1.807) is 18.2 Å². The van der Waals surface area contributed by atoms with Crippen molar-refractivity contribution in [2.24, 2.45) is 5.92 Å². The van der Waals surface area contributed by atoms with Crippen molar-refractivity contribution in [1.29, 1.82) is 0 Å². The number of carbonyl (C=O) groups excluding carboxylic acids is 1. The Bertz CT molecular complexity index is 769. The van der Waals surface area contributed by atoms with Crippen LogP contribution in [0.1, 0.15) is 43.0 Å². The van der Waals surface area contributed by atoms with Crippen molar-refractivity contribution in [1.82, 2.24) is 20.1 Å². The van der Waals surface area contributed by atoms with E-state index in [0.29, 0.717) is 32.7 Å². The number of carbonyl (C=O) groups is 1. The van der Waals surface area contributed by atoms with Gasteiger partial charge in [-0.05, 0) is 43.3 Å². The zero-order valence-electron chi connectivity index (χ0n) is 13.1. The van der Waals surface area contributed by atoms with Crippen LogP contribution in [-0.2, 0) is 6.54 Å². The van der Waals surface area contributed by atoms with Crippen molar-refractivity contribution in [2.45, 2.75) is 33.4 Å². The van der Waals surface area contributed by atoms with Crippen molar-refractivity contribution in [3.05, 3.63) is 44.4 Å². The standard InChI is InChI=1S/C15H18Cl2N4OS/c1-4-21-13(19-20-15(21)23)12(8(2)3)18-14(22)9-5-6-10(16)11(17)7-9/h5-8,12H,4H2,1-3H3,(H,18,22)(H,20,23)/t12-/m0/s1. The first-order valence-corrected chi connectivity index (χ1v) is 8.42. The number of benzene rings is 1. The Hall–Kier alpha value is -1.37. The molecule has 0 aliphatic carbocycles. The number of halogens is 2. The van der Waals surface area contributed by atoms with Gasteiger partial charge < -0.3 is 9.88 Å². The summed E-state index contributed by atoms with van der Waals surface area (Å²) in [5, 5.41) is 10.8. The topological polar surface area (TPSA) is 62.7 Å². The minimum atomic E-state index is -0.273. The highest BCUT2D eigenvalue weighted by molar-refractivity contribution is 7.71. The molecule has 0 radical (unpaired) electrons. The van der Waals surface area contributed by atoms with Gasteiger partial charge in [-0.3, -0.25) is 9.89 Å². The van der Waals surface area contributed by atoms with Gasteiger partial charge in [-0.25, -0.2) is 0 Å². The Labute approximate surface area is 150 Å². The number of aromatic amines is 1. The molecule has 0 fully saturated rings. The zero-order chi connectivity index (χ0) is 17.1. The predicted octanol–water partition coefficient (Wildman–Crippen LogP) is 4.39. The summed E-state index contributed by atoms with van der Waals surface area (Å²) in [5.41, 5.74) is 0.447. The summed E-state index contributed by atoms with van der Waals surface area (Å²) >= 11 is 17.1. The monoisotopic (exact) mass is 372 g/mol. The molecule has 0 spiro atoms. The second-order valence-corrected chi connectivity index (χ2v) is 6.66. The summed E-state index contributed by atoms with van der Waals surface area (Å²) in [5.74, 6) is 0.608. The maximum absolute atomic E-state index is 12.5. The molecular formula is C15H18Cl2N4OS. The third-order valence-corrected chi connectivity index (χ3v) is 4.57. The van der Waals surface area contributed by atoms with Crippen molar-refractivity contribution in [3.63, 3.8) is 0 Å². The van der Waals surface area contributed by atoms with Crippen LogP contribution in [0.25, 0.3) is 0 Å². The van der Waals surface area contributed by atoms with Crippen LogP contribution in [-0.4, -0.2) is 20.7 Å². The number of amides is 1. The molecule has 0 aliphatic heterocycles. The van der Waals surface area contributed by atoms with E-state index in [1.165, 1.54) is 0 Å². The SMILES string of the molecule is CCn1c([C@@H](NC(=O)c2ccc(Cl)c(Cl)c2)C(C)C)n[nH]c1=S. The largest absolute Gasteiger partial charge is 0.342 e. The maximum atomic E-state index is 12.5. The fraction of sp³-hybridized carbons (Fsp3) is 0.400. The van der Waals surface area contributed by atoms with Gasteiger partial charge in [-0.1, -0.05) is 37.0 Å². The van der Waals surface area contributed by atoms with Crippen LogP contribution in [0.5, 0.6) is 0 Å². The Morgan fingerprint density at radius 3 is 2.65 bits per heavy atom. The van der Waals surface area contributed by atoms with Gasteiger partial charge >= 0.3 is 0 Å². The van der Waals surface area contributed by atoms with E-state index in [9.17, 15) is 4.79 Å². The molecule has 0 aliphatic rings. The molecule has 1 atom stereocenters. The van der Waals surface area contributed by atoms with E-state index < -0.39 is 0 Å². The summed E-state index contributed by atoms with van der Waals surface area (Å²) in [4.78, 5) is 12.5. The molecule has 0 saturated carbocycles. The molecule has 5 nitrogen and oxygen atoms in total. The molecule has 0 saturated heterocycles. The molecule has 0 unspecified atom stereocenters. The Balaban J connectivity index is 2.30. The van der Waals surface area contributed by atoms with Gasteiger partial charge in [0.2, 0.25) is 0 Å². The van der Waals surface area contributed by atoms with Gasteiger partial charge in [0.1, 0.15) is 0 Å². The van der Waals surface area contributed by atoms with E-state index >= 15 is 0 Å². The Morgan fingerprint density at radius 1 is 1.39 bits per heavy atom. The third-order valence-electron chi connectivity index (χ3n) is 3.52. The van der Waals surface area contributed by atoms with Crippen LogP contribution >= 0.6 is 35.4 Å². The van der Waals surface area contributed by atoms with Crippen LogP contribution < -0.4 is 5.32 Å². The van der Waals surface area contributed by atoms with Crippen molar-refractivity contribution in [2.75, 3.05) is 0 Å². The van der Waals surface area contributed by atoms with E-state index in [4.69, 9.17) is 35.4 Å². The molecule has 0 bridgehead atoms. The number of hydrogen-bond donors (Lipinski definition) is 2. The zero-order valence-corrected chi connectivity index (χ0v) is 15.4. The summed E-state index contributed by atoms with van der Waals surface area (Å²) in [6.45, 7) is 6.68. The normalized spacial score (nSPS) is 12.4. The lowest BCUT2D eigenvalue weighted by Crippen LogP contribution is -2.33. The van der Waals surface area contributed by atoms with Gasteiger partial charge in [0.25, 0.3) is 5.91 Å². The molecule has 1 aromatic carbocycles. The van der Waals surface area contributed by atoms with Crippen LogP contribution in [0.3, 0.4) is 0 Å². The first kappa shape index (κ1) is 18.0. The number of nitrogens with zero attached hydrogens (tertiary/aromatic N) is 2. The predicted molar refractivity (Wildman–Crippen MR) is 94.6 cm³/mol. The van der Waals surface area contributed by atoms with Gasteiger partial charge in [0, 0.05) is 12.1 Å². The first-order valence-electron chi connectivity index (χ1n) is 7.26. The van der Waals surface area contributed by atoms with E-state index in [-0.39, 0.29) is 17.9 Å². The van der Waals surface area contributed by atoms with Crippen molar-refractivity contribution >= 4 is 41.3 Å². The van der Waals surface area contributed by atoms with Crippen LogP contribution in [0, 0.1) is 10.7 Å². The minimum Gasteiger partial charge on any atom is -0.342 e. The van der Waals surface area contributed by atoms with Crippen molar-refractivity contribution in [3.8, 4) is 0 Å². The molecule has 8 heteroatoms. The molecule has 1 heterocycles. The lowest BCUT2D eigenvalue weighted by molar-refractivity contribution is 0.0922. The van der Waals surface area contributed by atoms with Gasteiger partial charge in [0.15, 0.2) is 10.6 Å². The first-order chi connectivity index (χ1) is 10.8. The third kappa shape index (κ3) is 3.94. The highest BCUT2D eigenvalue weighted by Crippen LogP contribution is 2.24. The van der Waals surface area contributed by atoms with Gasteiger partial charge in [-0.2, -0.15) is 5.10 Å². The highest BCUT2D eigenvalue weighted by atomic mass is 35.5. The number of H-pyrrole nitrogens is 1. The van der Waals surface area contributed by atoms with Gasteiger partial charge in [0.05, 0.1) is 16.1 Å². The molecule has 124 valence electrons. The van der Waals surface area contributed by atoms with Crippen molar-refractivity contribution < 1.29 is 4.79 Å². The molecule has 2 N–H and O–H groups in total. The number of hydrogen-bond acceptors (Lipinski definition) is 3. The van der Waals surface area contributed by atoms with Gasteiger partial charge in [-0.15, -0.1) is 0 Å². The molecule has 2 aromatic rings. The quantitative estimate of drug-likeness (QED) is 0.764. The molecule has 1 aromatic heterocycles. The maximum Gasteiger partial charge on any atom is 0.251 e. The lowest BCUT2D eigenvalue weighted by Gasteiger charge is -2.22. The van der Waals surface area contributed by atoms with E-state index in [0.717, 1.165) is 0 Å². The number of rotatable bonds is 5. The Kier molecular flexibility index (Phi) is 5.84.